The fourth-order valence-electron chi connectivity index (χ4n) is 3.08. The molecule has 2 amide bonds. The summed E-state index contributed by atoms with van der Waals surface area (Å²) in [7, 11) is 0. The number of halogens is 1. The van der Waals surface area contributed by atoms with Crippen molar-refractivity contribution in [3.63, 3.8) is 0 Å². The zero-order valence-electron chi connectivity index (χ0n) is 11.6. The van der Waals surface area contributed by atoms with Gasteiger partial charge in [-0.15, -0.1) is 0 Å². The lowest BCUT2D eigenvalue weighted by Gasteiger charge is -2.23. The summed E-state index contributed by atoms with van der Waals surface area (Å²) < 4.78 is 13.1. The average molecular weight is 291 g/mol. The van der Waals surface area contributed by atoms with E-state index in [0.717, 1.165) is 19.4 Å². The first-order valence-electron chi connectivity index (χ1n) is 7.21. The van der Waals surface area contributed by atoms with Crippen molar-refractivity contribution in [1.82, 2.24) is 10.2 Å². The van der Waals surface area contributed by atoms with Crippen LogP contribution in [0.5, 0.6) is 0 Å². The standard InChI is InChI=1S/C15H18FN3O2/c16-10-3-1-4-11(7-10)18-14(20)9-19-8-13-12(15(19)21)5-2-6-17-13/h1,3-4,7,12-13,17H,2,5-6,8-9H2,(H,18,20). The van der Waals surface area contributed by atoms with Crippen LogP contribution < -0.4 is 10.6 Å². The Labute approximate surface area is 122 Å². The number of benzene rings is 1. The van der Waals surface area contributed by atoms with Gasteiger partial charge in [0, 0.05) is 18.3 Å². The monoisotopic (exact) mass is 291 g/mol. The highest BCUT2D eigenvalue weighted by atomic mass is 19.1. The predicted octanol–water partition coefficient (Wildman–Crippen LogP) is 0.975. The molecule has 2 atom stereocenters. The largest absolute Gasteiger partial charge is 0.331 e. The number of fused-ring (bicyclic) bond motifs is 1. The second-order valence-corrected chi connectivity index (χ2v) is 5.59. The van der Waals surface area contributed by atoms with Gasteiger partial charge in [-0.3, -0.25) is 9.59 Å². The van der Waals surface area contributed by atoms with E-state index >= 15 is 0 Å². The topological polar surface area (TPSA) is 61.4 Å². The van der Waals surface area contributed by atoms with Crippen LogP contribution in [0.4, 0.5) is 10.1 Å². The summed E-state index contributed by atoms with van der Waals surface area (Å²) in [6.45, 7) is 1.52. The summed E-state index contributed by atoms with van der Waals surface area (Å²) >= 11 is 0. The number of rotatable bonds is 3. The maximum absolute atomic E-state index is 13.1. The SMILES string of the molecule is O=C(CN1CC2NCCCC2C1=O)Nc1cccc(F)c1. The maximum atomic E-state index is 13.1. The Hall–Kier alpha value is -1.95. The minimum Gasteiger partial charge on any atom is -0.331 e. The van der Waals surface area contributed by atoms with Crippen LogP contribution in [0.15, 0.2) is 24.3 Å². The van der Waals surface area contributed by atoms with Crippen LogP contribution in [0.25, 0.3) is 0 Å². The van der Waals surface area contributed by atoms with Crippen molar-refractivity contribution in [1.29, 1.82) is 0 Å². The first-order chi connectivity index (χ1) is 10.1. The van der Waals surface area contributed by atoms with Crippen LogP contribution in [0, 0.1) is 11.7 Å². The second-order valence-electron chi connectivity index (χ2n) is 5.59. The zero-order chi connectivity index (χ0) is 14.8. The highest BCUT2D eigenvalue weighted by Gasteiger charge is 2.41. The molecule has 2 N–H and O–H groups in total. The number of amides is 2. The maximum Gasteiger partial charge on any atom is 0.243 e. The van der Waals surface area contributed by atoms with Gasteiger partial charge in [0.1, 0.15) is 5.82 Å². The Kier molecular flexibility index (Phi) is 3.88. The third-order valence-electron chi connectivity index (χ3n) is 4.07. The highest BCUT2D eigenvalue weighted by Crippen LogP contribution is 2.26. The van der Waals surface area contributed by atoms with Crippen molar-refractivity contribution in [3.05, 3.63) is 30.1 Å². The van der Waals surface area contributed by atoms with Crippen molar-refractivity contribution in [2.24, 2.45) is 5.92 Å². The van der Waals surface area contributed by atoms with Crippen LogP contribution >= 0.6 is 0 Å². The number of carbonyl (C=O) groups excluding carboxylic acids is 2. The fourth-order valence-corrected chi connectivity index (χ4v) is 3.08. The lowest BCUT2D eigenvalue weighted by molar-refractivity contribution is -0.134. The number of hydrogen-bond donors (Lipinski definition) is 2. The molecule has 2 fully saturated rings. The van der Waals surface area contributed by atoms with E-state index in [4.69, 9.17) is 0 Å². The number of piperidine rings is 1. The van der Waals surface area contributed by atoms with E-state index in [9.17, 15) is 14.0 Å². The number of hydrogen-bond acceptors (Lipinski definition) is 3. The Morgan fingerprint density at radius 3 is 3.10 bits per heavy atom. The van der Waals surface area contributed by atoms with Crippen LogP contribution in [0.1, 0.15) is 12.8 Å². The first-order valence-corrected chi connectivity index (χ1v) is 7.21. The number of anilines is 1. The molecule has 0 bridgehead atoms. The van der Waals surface area contributed by atoms with E-state index in [1.165, 1.54) is 18.2 Å². The van der Waals surface area contributed by atoms with Gasteiger partial charge in [0.2, 0.25) is 11.8 Å². The average Bonchev–Trinajstić information content (AvgIpc) is 2.76. The third-order valence-corrected chi connectivity index (χ3v) is 4.07. The van der Waals surface area contributed by atoms with Crippen molar-refractivity contribution in [2.75, 3.05) is 25.0 Å². The number of carbonyl (C=O) groups is 2. The van der Waals surface area contributed by atoms with Crippen molar-refractivity contribution in [3.8, 4) is 0 Å². The highest BCUT2D eigenvalue weighted by molar-refractivity contribution is 5.95. The number of likely N-dealkylation sites (tertiary alicyclic amines) is 1. The number of nitrogens with zero attached hydrogens (tertiary/aromatic N) is 1. The van der Waals surface area contributed by atoms with Crippen LogP contribution in [0.2, 0.25) is 0 Å². The van der Waals surface area contributed by atoms with Gasteiger partial charge in [0.25, 0.3) is 0 Å². The molecular weight excluding hydrogens is 273 g/mol. The summed E-state index contributed by atoms with van der Waals surface area (Å²) in [4.78, 5) is 25.8. The Balaban J connectivity index is 1.59. The Morgan fingerprint density at radius 1 is 1.48 bits per heavy atom. The molecule has 112 valence electrons. The minimum absolute atomic E-state index is 0.000666. The normalized spacial score (nSPS) is 24.8. The molecule has 2 unspecified atom stereocenters. The molecule has 5 nitrogen and oxygen atoms in total. The van der Waals surface area contributed by atoms with Crippen LogP contribution in [-0.4, -0.2) is 42.4 Å². The molecule has 0 radical (unpaired) electrons. The first kappa shape index (κ1) is 14.0. The molecule has 2 aliphatic rings. The molecular formula is C15H18FN3O2. The second kappa shape index (κ2) is 5.81. The van der Waals surface area contributed by atoms with Gasteiger partial charge < -0.3 is 15.5 Å². The van der Waals surface area contributed by atoms with E-state index in [1.54, 1.807) is 11.0 Å². The summed E-state index contributed by atoms with van der Waals surface area (Å²) in [6, 6.07) is 5.88. The molecule has 3 rings (SSSR count). The van der Waals surface area contributed by atoms with E-state index in [2.05, 4.69) is 10.6 Å². The lowest BCUT2D eigenvalue weighted by Crippen LogP contribution is -2.41. The van der Waals surface area contributed by atoms with Crippen LogP contribution in [0.3, 0.4) is 0 Å². The molecule has 1 aromatic carbocycles. The van der Waals surface area contributed by atoms with E-state index in [1.807, 2.05) is 0 Å². The molecule has 0 saturated carbocycles. The molecule has 2 heterocycles. The summed E-state index contributed by atoms with van der Waals surface area (Å²) in [5.41, 5.74) is 0.405. The predicted molar refractivity (Wildman–Crippen MR) is 76.1 cm³/mol. The van der Waals surface area contributed by atoms with E-state index in [-0.39, 0.29) is 30.3 Å². The summed E-state index contributed by atoms with van der Waals surface area (Å²) in [5, 5.41) is 5.95. The number of nitrogens with one attached hydrogen (secondary N) is 2. The van der Waals surface area contributed by atoms with Gasteiger partial charge in [0.05, 0.1) is 12.5 Å². The summed E-state index contributed by atoms with van der Waals surface area (Å²) in [6.07, 6.45) is 1.88. The molecule has 1 aromatic rings. The summed E-state index contributed by atoms with van der Waals surface area (Å²) in [5.74, 6) is -0.657. The zero-order valence-corrected chi connectivity index (χ0v) is 11.6. The lowest BCUT2D eigenvalue weighted by atomic mass is 9.94. The minimum atomic E-state index is -0.403. The molecule has 0 aliphatic carbocycles. The van der Waals surface area contributed by atoms with Gasteiger partial charge >= 0.3 is 0 Å². The third kappa shape index (κ3) is 3.05. The van der Waals surface area contributed by atoms with Crippen LogP contribution in [-0.2, 0) is 9.59 Å². The van der Waals surface area contributed by atoms with E-state index in [0.29, 0.717) is 12.2 Å². The molecule has 6 heteroatoms. The van der Waals surface area contributed by atoms with Crippen molar-refractivity contribution < 1.29 is 14.0 Å². The Morgan fingerprint density at radius 2 is 2.33 bits per heavy atom. The van der Waals surface area contributed by atoms with Crippen molar-refractivity contribution in [2.45, 2.75) is 18.9 Å². The van der Waals surface area contributed by atoms with Gasteiger partial charge in [-0.05, 0) is 37.6 Å². The fraction of sp³-hybridized carbons (Fsp3) is 0.467. The molecule has 2 saturated heterocycles. The molecule has 2 aliphatic heterocycles. The van der Waals surface area contributed by atoms with Gasteiger partial charge in [-0.25, -0.2) is 4.39 Å². The van der Waals surface area contributed by atoms with Gasteiger partial charge in [0.15, 0.2) is 0 Å². The molecule has 21 heavy (non-hydrogen) atoms. The van der Waals surface area contributed by atoms with Gasteiger partial charge in [-0.1, -0.05) is 6.07 Å². The van der Waals surface area contributed by atoms with Gasteiger partial charge in [-0.2, -0.15) is 0 Å². The quantitative estimate of drug-likeness (QED) is 0.872. The van der Waals surface area contributed by atoms with Crippen molar-refractivity contribution >= 4 is 17.5 Å². The molecule has 0 aromatic heterocycles. The molecule has 0 spiro atoms. The van der Waals surface area contributed by atoms with E-state index < -0.39 is 5.82 Å². The Bertz CT molecular complexity index is 564. The smallest absolute Gasteiger partial charge is 0.243 e.